The van der Waals surface area contributed by atoms with Crippen molar-refractivity contribution in [2.75, 3.05) is 7.11 Å². The number of fused-ring (bicyclic) bond motifs is 1. The summed E-state index contributed by atoms with van der Waals surface area (Å²) in [5.41, 5.74) is 10.3. The fraction of sp³-hybridized carbons (Fsp3) is 0.333. The molecule has 2 aromatic carbocycles. The molecule has 2 nitrogen and oxygen atoms in total. The van der Waals surface area contributed by atoms with E-state index in [1.807, 2.05) is 6.07 Å². The van der Waals surface area contributed by atoms with Crippen molar-refractivity contribution in [3.63, 3.8) is 0 Å². The molecule has 0 bridgehead atoms. The number of hydrogen-bond donors (Lipinski definition) is 1. The molecule has 0 aromatic heterocycles. The zero-order valence-electron chi connectivity index (χ0n) is 12.1. The second kappa shape index (κ2) is 4.95. The highest BCUT2D eigenvalue weighted by molar-refractivity contribution is 5.49. The highest BCUT2D eigenvalue weighted by atomic mass is 16.5. The van der Waals surface area contributed by atoms with Gasteiger partial charge in [-0.2, -0.15) is 0 Å². The van der Waals surface area contributed by atoms with Gasteiger partial charge < -0.3 is 10.5 Å². The Morgan fingerprint density at radius 2 is 1.90 bits per heavy atom. The first kappa shape index (κ1) is 13.2. The Labute approximate surface area is 120 Å². The van der Waals surface area contributed by atoms with Gasteiger partial charge in [0.2, 0.25) is 0 Å². The average Bonchev–Trinajstić information content (AvgIpc) is 2.48. The molecule has 104 valence electrons. The van der Waals surface area contributed by atoms with Crippen LogP contribution in [0.25, 0.3) is 0 Å². The molecule has 0 heterocycles. The normalized spacial score (nSPS) is 25.1. The molecule has 0 radical (unpaired) electrons. The highest BCUT2D eigenvalue weighted by Gasteiger charge is 2.37. The standard InChI is InChI=1S/C18H21NO/c1-18(14-6-4-3-5-7-14)12-15(19)10-13-8-9-16(20-2)11-17(13)18/h3-9,11,15H,10,12,19H2,1-2H3. The maximum atomic E-state index is 6.30. The van der Waals surface area contributed by atoms with Gasteiger partial charge >= 0.3 is 0 Å². The molecule has 0 saturated heterocycles. The van der Waals surface area contributed by atoms with Crippen LogP contribution in [0.15, 0.2) is 48.5 Å². The van der Waals surface area contributed by atoms with Crippen LogP contribution in [0.3, 0.4) is 0 Å². The monoisotopic (exact) mass is 267 g/mol. The minimum Gasteiger partial charge on any atom is -0.497 e. The largest absolute Gasteiger partial charge is 0.497 e. The van der Waals surface area contributed by atoms with E-state index in [0.717, 1.165) is 18.6 Å². The van der Waals surface area contributed by atoms with Crippen molar-refractivity contribution in [2.24, 2.45) is 5.73 Å². The molecule has 0 saturated carbocycles. The van der Waals surface area contributed by atoms with E-state index in [4.69, 9.17) is 10.5 Å². The van der Waals surface area contributed by atoms with E-state index in [-0.39, 0.29) is 11.5 Å². The zero-order chi connectivity index (χ0) is 14.2. The molecular weight excluding hydrogens is 246 g/mol. The van der Waals surface area contributed by atoms with Crippen molar-refractivity contribution in [1.82, 2.24) is 0 Å². The van der Waals surface area contributed by atoms with Crippen LogP contribution >= 0.6 is 0 Å². The van der Waals surface area contributed by atoms with Gasteiger partial charge in [0.1, 0.15) is 5.75 Å². The molecule has 3 rings (SSSR count). The second-order valence-corrected chi connectivity index (χ2v) is 5.89. The molecule has 20 heavy (non-hydrogen) atoms. The lowest BCUT2D eigenvalue weighted by Gasteiger charge is -2.39. The second-order valence-electron chi connectivity index (χ2n) is 5.89. The van der Waals surface area contributed by atoms with Gasteiger partial charge in [0, 0.05) is 11.5 Å². The van der Waals surface area contributed by atoms with Crippen LogP contribution in [0.1, 0.15) is 30.0 Å². The van der Waals surface area contributed by atoms with Gasteiger partial charge in [0.25, 0.3) is 0 Å². The van der Waals surface area contributed by atoms with E-state index in [0.29, 0.717) is 0 Å². The fourth-order valence-corrected chi connectivity index (χ4v) is 3.44. The maximum absolute atomic E-state index is 6.30. The Morgan fingerprint density at radius 3 is 2.60 bits per heavy atom. The number of ether oxygens (including phenoxy) is 1. The van der Waals surface area contributed by atoms with Crippen LogP contribution < -0.4 is 10.5 Å². The summed E-state index contributed by atoms with van der Waals surface area (Å²) in [5, 5.41) is 0. The van der Waals surface area contributed by atoms with E-state index in [2.05, 4.69) is 49.4 Å². The van der Waals surface area contributed by atoms with E-state index in [9.17, 15) is 0 Å². The van der Waals surface area contributed by atoms with Gasteiger partial charge in [0.15, 0.2) is 0 Å². The molecule has 0 amide bonds. The quantitative estimate of drug-likeness (QED) is 0.906. The minimum atomic E-state index is -0.0389. The smallest absolute Gasteiger partial charge is 0.119 e. The molecule has 1 aliphatic rings. The summed E-state index contributed by atoms with van der Waals surface area (Å²) in [6.45, 7) is 2.29. The van der Waals surface area contributed by atoms with Gasteiger partial charge in [-0.25, -0.2) is 0 Å². The Balaban J connectivity index is 2.18. The first-order valence-corrected chi connectivity index (χ1v) is 7.12. The zero-order valence-corrected chi connectivity index (χ0v) is 12.1. The Hall–Kier alpha value is -1.80. The summed E-state index contributed by atoms with van der Waals surface area (Å²) < 4.78 is 5.41. The van der Waals surface area contributed by atoms with Crippen LogP contribution in [0, 0.1) is 0 Å². The fourth-order valence-electron chi connectivity index (χ4n) is 3.44. The minimum absolute atomic E-state index is 0.0389. The molecule has 2 atom stereocenters. The highest BCUT2D eigenvalue weighted by Crippen LogP contribution is 2.43. The first-order chi connectivity index (χ1) is 9.63. The van der Waals surface area contributed by atoms with Gasteiger partial charge in [0.05, 0.1) is 7.11 Å². The molecule has 0 aliphatic heterocycles. The number of methoxy groups -OCH3 is 1. The summed E-state index contributed by atoms with van der Waals surface area (Å²) in [6.07, 6.45) is 1.92. The number of rotatable bonds is 2. The number of benzene rings is 2. The summed E-state index contributed by atoms with van der Waals surface area (Å²) in [5.74, 6) is 0.918. The van der Waals surface area contributed by atoms with E-state index >= 15 is 0 Å². The van der Waals surface area contributed by atoms with Gasteiger partial charge in [-0.05, 0) is 41.7 Å². The third kappa shape index (κ3) is 2.10. The molecule has 1 aliphatic carbocycles. The topological polar surface area (TPSA) is 35.2 Å². The maximum Gasteiger partial charge on any atom is 0.119 e. The Kier molecular flexibility index (Phi) is 3.27. The Bertz CT molecular complexity index is 608. The van der Waals surface area contributed by atoms with E-state index in [1.165, 1.54) is 16.7 Å². The van der Waals surface area contributed by atoms with Crippen molar-refractivity contribution >= 4 is 0 Å². The number of nitrogens with two attached hydrogens (primary N) is 1. The lowest BCUT2D eigenvalue weighted by Crippen LogP contribution is -2.40. The van der Waals surface area contributed by atoms with Crippen LogP contribution in [-0.4, -0.2) is 13.2 Å². The summed E-state index contributed by atoms with van der Waals surface area (Å²) >= 11 is 0. The summed E-state index contributed by atoms with van der Waals surface area (Å²) in [7, 11) is 1.72. The molecule has 2 unspecified atom stereocenters. The third-order valence-corrected chi connectivity index (χ3v) is 4.47. The Morgan fingerprint density at radius 1 is 1.15 bits per heavy atom. The van der Waals surface area contributed by atoms with Crippen molar-refractivity contribution in [2.45, 2.75) is 31.2 Å². The van der Waals surface area contributed by atoms with Crippen molar-refractivity contribution in [3.8, 4) is 5.75 Å². The molecule has 0 fully saturated rings. The lowest BCUT2D eigenvalue weighted by atomic mass is 9.66. The first-order valence-electron chi connectivity index (χ1n) is 7.12. The van der Waals surface area contributed by atoms with Gasteiger partial charge in [-0.3, -0.25) is 0 Å². The van der Waals surface area contributed by atoms with Crippen LogP contribution in [0.4, 0.5) is 0 Å². The third-order valence-electron chi connectivity index (χ3n) is 4.47. The predicted molar refractivity (Wildman–Crippen MR) is 82.2 cm³/mol. The molecule has 2 N–H and O–H groups in total. The molecule has 2 heteroatoms. The number of hydrogen-bond acceptors (Lipinski definition) is 2. The summed E-state index contributed by atoms with van der Waals surface area (Å²) in [4.78, 5) is 0. The average molecular weight is 267 g/mol. The summed E-state index contributed by atoms with van der Waals surface area (Å²) in [6, 6.07) is 17.2. The van der Waals surface area contributed by atoms with E-state index < -0.39 is 0 Å². The molecular formula is C18H21NO. The van der Waals surface area contributed by atoms with Crippen molar-refractivity contribution in [3.05, 3.63) is 65.2 Å². The van der Waals surface area contributed by atoms with Crippen molar-refractivity contribution in [1.29, 1.82) is 0 Å². The van der Waals surface area contributed by atoms with Crippen molar-refractivity contribution < 1.29 is 4.74 Å². The van der Waals surface area contributed by atoms with Crippen LogP contribution in [-0.2, 0) is 11.8 Å². The van der Waals surface area contributed by atoms with Gasteiger partial charge in [-0.15, -0.1) is 0 Å². The van der Waals surface area contributed by atoms with Gasteiger partial charge in [-0.1, -0.05) is 43.3 Å². The molecule has 2 aromatic rings. The predicted octanol–water partition coefficient (Wildman–Crippen LogP) is 3.27. The van der Waals surface area contributed by atoms with Crippen LogP contribution in [0.2, 0.25) is 0 Å². The lowest BCUT2D eigenvalue weighted by molar-refractivity contribution is 0.398. The van der Waals surface area contributed by atoms with Crippen LogP contribution in [0.5, 0.6) is 5.75 Å². The SMILES string of the molecule is COc1ccc2c(c1)C(C)(c1ccccc1)CC(N)C2. The molecule has 0 spiro atoms. The van der Waals surface area contributed by atoms with E-state index in [1.54, 1.807) is 7.11 Å².